The number of hydrogen-bond acceptors (Lipinski definition) is 1. The molecule has 2 N–H and O–H groups in total. The lowest BCUT2D eigenvalue weighted by atomic mass is 10.3. The van der Waals surface area contributed by atoms with Gasteiger partial charge in [0, 0.05) is 9.28 Å². The van der Waals surface area contributed by atoms with Gasteiger partial charge >= 0.3 is 0 Å². The largest absolute Gasteiger partial charge is 0.398 e. The average molecular weight is 263 g/mol. The van der Waals surface area contributed by atoms with Crippen molar-refractivity contribution in [3.63, 3.8) is 0 Å². The van der Waals surface area contributed by atoms with Crippen LogP contribution in [0.2, 0.25) is 0 Å². The molecule has 0 aromatic rings. The molecule has 1 nitrogen and oxygen atoms in total. The predicted octanol–water partition coefficient (Wildman–Crippen LogP) is 3.13. The standard InChI is InChI=1S/C9H14IN/c1-3-5-7-9(11)8(10)6-4-2/h4-7H,3,11H2,1-2H3/b6-4+,7-5-,9-8-. The van der Waals surface area contributed by atoms with Gasteiger partial charge in [-0.05, 0) is 42.0 Å². The van der Waals surface area contributed by atoms with E-state index in [1.807, 2.05) is 25.2 Å². The highest BCUT2D eigenvalue weighted by Crippen LogP contribution is 2.11. The summed E-state index contributed by atoms with van der Waals surface area (Å²) in [7, 11) is 0. The van der Waals surface area contributed by atoms with E-state index in [-0.39, 0.29) is 0 Å². The van der Waals surface area contributed by atoms with Crippen molar-refractivity contribution < 1.29 is 0 Å². The van der Waals surface area contributed by atoms with Crippen LogP contribution in [0.1, 0.15) is 20.3 Å². The van der Waals surface area contributed by atoms with Crippen molar-refractivity contribution in [3.8, 4) is 0 Å². The first-order chi connectivity index (χ1) is 5.22. The van der Waals surface area contributed by atoms with Crippen molar-refractivity contribution in [1.82, 2.24) is 0 Å². The van der Waals surface area contributed by atoms with Crippen molar-refractivity contribution in [3.05, 3.63) is 33.6 Å². The molecule has 0 aromatic heterocycles. The zero-order chi connectivity index (χ0) is 8.69. The van der Waals surface area contributed by atoms with Gasteiger partial charge in [-0.25, -0.2) is 0 Å². The molecular weight excluding hydrogens is 249 g/mol. The summed E-state index contributed by atoms with van der Waals surface area (Å²) in [6.07, 6.45) is 9.00. The molecule has 62 valence electrons. The van der Waals surface area contributed by atoms with Crippen molar-refractivity contribution in [2.45, 2.75) is 20.3 Å². The van der Waals surface area contributed by atoms with E-state index >= 15 is 0 Å². The fourth-order valence-corrected chi connectivity index (χ4v) is 1.11. The first-order valence-corrected chi connectivity index (χ1v) is 4.74. The summed E-state index contributed by atoms with van der Waals surface area (Å²) in [5.41, 5.74) is 6.56. The van der Waals surface area contributed by atoms with E-state index in [4.69, 9.17) is 5.73 Å². The molecule has 0 aliphatic rings. The van der Waals surface area contributed by atoms with Gasteiger partial charge in [0.15, 0.2) is 0 Å². The second kappa shape index (κ2) is 6.46. The summed E-state index contributed by atoms with van der Waals surface area (Å²) in [5, 5.41) is 0. The average Bonchev–Trinajstić information content (AvgIpc) is 2.00. The topological polar surface area (TPSA) is 26.0 Å². The van der Waals surface area contributed by atoms with E-state index in [0.29, 0.717) is 0 Å². The highest BCUT2D eigenvalue weighted by Gasteiger charge is 1.88. The molecule has 0 atom stereocenters. The SMILES string of the molecule is C/C=C/C(I)=C(N)\C=C/CC. The Morgan fingerprint density at radius 1 is 1.45 bits per heavy atom. The van der Waals surface area contributed by atoms with E-state index < -0.39 is 0 Å². The van der Waals surface area contributed by atoms with Gasteiger partial charge in [0.25, 0.3) is 0 Å². The van der Waals surface area contributed by atoms with Crippen LogP contribution in [0.15, 0.2) is 33.6 Å². The van der Waals surface area contributed by atoms with Crippen LogP contribution in [0.5, 0.6) is 0 Å². The molecule has 0 aromatic carbocycles. The van der Waals surface area contributed by atoms with Crippen LogP contribution >= 0.6 is 22.6 Å². The summed E-state index contributed by atoms with van der Waals surface area (Å²) < 4.78 is 1.09. The third-order valence-electron chi connectivity index (χ3n) is 1.12. The third kappa shape index (κ3) is 5.07. The van der Waals surface area contributed by atoms with Crippen molar-refractivity contribution in [2.24, 2.45) is 5.73 Å². The first-order valence-electron chi connectivity index (χ1n) is 3.66. The van der Waals surface area contributed by atoms with Crippen LogP contribution in [-0.2, 0) is 0 Å². The van der Waals surface area contributed by atoms with Gasteiger partial charge in [0.2, 0.25) is 0 Å². The van der Waals surface area contributed by atoms with Crippen molar-refractivity contribution in [2.75, 3.05) is 0 Å². The molecule has 0 saturated carbocycles. The molecule has 0 rings (SSSR count). The quantitative estimate of drug-likeness (QED) is 0.614. The third-order valence-corrected chi connectivity index (χ3v) is 2.10. The van der Waals surface area contributed by atoms with E-state index in [2.05, 4.69) is 35.6 Å². The van der Waals surface area contributed by atoms with Gasteiger partial charge in [-0.15, -0.1) is 0 Å². The fraction of sp³-hybridized carbons (Fsp3) is 0.333. The van der Waals surface area contributed by atoms with Crippen LogP contribution in [0.3, 0.4) is 0 Å². The Hall–Kier alpha value is -0.250. The van der Waals surface area contributed by atoms with Gasteiger partial charge in [0.1, 0.15) is 0 Å². The number of halogens is 1. The van der Waals surface area contributed by atoms with Gasteiger partial charge in [-0.2, -0.15) is 0 Å². The lowest BCUT2D eigenvalue weighted by Gasteiger charge is -1.94. The molecule has 11 heavy (non-hydrogen) atoms. The molecule has 0 unspecified atom stereocenters. The minimum atomic E-state index is 0.838. The molecule has 0 heterocycles. The van der Waals surface area contributed by atoms with Crippen molar-refractivity contribution in [1.29, 1.82) is 0 Å². The molecule has 0 spiro atoms. The molecule has 0 saturated heterocycles. The summed E-state index contributed by atoms with van der Waals surface area (Å²) in [6.45, 7) is 4.07. The number of hydrogen-bond donors (Lipinski definition) is 1. The van der Waals surface area contributed by atoms with Gasteiger partial charge < -0.3 is 5.73 Å². The lowest BCUT2D eigenvalue weighted by molar-refractivity contribution is 1.21. The molecule has 0 fully saturated rings. The van der Waals surface area contributed by atoms with E-state index in [0.717, 1.165) is 15.7 Å². The molecule has 0 aliphatic heterocycles. The van der Waals surface area contributed by atoms with E-state index in [9.17, 15) is 0 Å². The fourth-order valence-electron chi connectivity index (χ4n) is 0.567. The Balaban J connectivity index is 4.27. The van der Waals surface area contributed by atoms with Gasteiger partial charge in [-0.3, -0.25) is 0 Å². The summed E-state index contributed by atoms with van der Waals surface area (Å²) >= 11 is 2.22. The van der Waals surface area contributed by atoms with E-state index in [1.54, 1.807) is 0 Å². The molecule has 0 aliphatic carbocycles. The minimum Gasteiger partial charge on any atom is -0.398 e. The number of allylic oxidation sites excluding steroid dienone is 5. The molecule has 0 radical (unpaired) electrons. The molecule has 2 heteroatoms. The first kappa shape index (κ1) is 10.8. The van der Waals surface area contributed by atoms with Crippen LogP contribution in [0.4, 0.5) is 0 Å². The lowest BCUT2D eigenvalue weighted by Crippen LogP contribution is -1.93. The normalized spacial score (nSPS) is 14.5. The van der Waals surface area contributed by atoms with Crippen LogP contribution in [0.25, 0.3) is 0 Å². The smallest absolute Gasteiger partial charge is 0.0446 e. The van der Waals surface area contributed by atoms with Crippen LogP contribution in [-0.4, -0.2) is 0 Å². The Labute approximate surface area is 82.2 Å². The van der Waals surface area contributed by atoms with E-state index in [1.165, 1.54) is 0 Å². The Kier molecular flexibility index (Phi) is 6.31. The maximum Gasteiger partial charge on any atom is 0.0446 e. The zero-order valence-corrected chi connectivity index (χ0v) is 9.13. The maximum absolute atomic E-state index is 5.72. The molecular formula is C9H14IN. The molecule has 0 amide bonds. The Morgan fingerprint density at radius 3 is 2.55 bits per heavy atom. The summed E-state index contributed by atoms with van der Waals surface area (Å²) in [6, 6.07) is 0. The minimum absolute atomic E-state index is 0.838. The summed E-state index contributed by atoms with van der Waals surface area (Å²) in [5.74, 6) is 0. The summed E-state index contributed by atoms with van der Waals surface area (Å²) in [4.78, 5) is 0. The highest BCUT2D eigenvalue weighted by molar-refractivity contribution is 14.1. The maximum atomic E-state index is 5.72. The molecule has 0 bridgehead atoms. The van der Waals surface area contributed by atoms with Gasteiger partial charge in [0.05, 0.1) is 0 Å². The van der Waals surface area contributed by atoms with Crippen LogP contribution < -0.4 is 5.73 Å². The monoisotopic (exact) mass is 263 g/mol. The van der Waals surface area contributed by atoms with Gasteiger partial charge in [-0.1, -0.05) is 25.2 Å². The van der Waals surface area contributed by atoms with Crippen LogP contribution in [0, 0.1) is 0 Å². The Bertz CT molecular complexity index is 190. The highest BCUT2D eigenvalue weighted by atomic mass is 127. The second-order valence-electron chi connectivity index (χ2n) is 2.11. The Morgan fingerprint density at radius 2 is 2.09 bits per heavy atom. The number of rotatable bonds is 3. The second-order valence-corrected chi connectivity index (χ2v) is 3.28. The predicted molar refractivity (Wildman–Crippen MR) is 59.5 cm³/mol. The number of nitrogens with two attached hydrogens (primary N) is 1. The van der Waals surface area contributed by atoms with Crippen molar-refractivity contribution >= 4 is 22.6 Å². The zero-order valence-electron chi connectivity index (χ0n) is 6.97.